The van der Waals surface area contributed by atoms with Gasteiger partial charge in [-0.25, -0.2) is 0 Å². The molecule has 2 aromatic carbocycles. The molecule has 135 valence electrons. The zero-order valence-electron chi connectivity index (χ0n) is 15.3. The van der Waals surface area contributed by atoms with E-state index in [2.05, 4.69) is 53.7 Å². The molecule has 0 aliphatic rings. The number of hydrogen-bond acceptors (Lipinski definition) is 3. The maximum atomic E-state index is 10.9. The topological polar surface area (TPSA) is 72.3 Å². The van der Waals surface area contributed by atoms with Crippen LogP contribution in [0.2, 0.25) is 0 Å². The van der Waals surface area contributed by atoms with Gasteiger partial charge in [-0.3, -0.25) is 0 Å². The third kappa shape index (κ3) is 4.06. The Bertz CT molecular complexity index is 741. The van der Waals surface area contributed by atoms with Gasteiger partial charge < -0.3 is 16.6 Å². The molecule has 2 rings (SSSR count). The van der Waals surface area contributed by atoms with Crippen LogP contribution in [0.4, 0.5) is 11.4 Å². The van der Waals surface area contributed by atoms with Gasteiger partial charge in [0.25, 0.3) is 0 Å². The van der Waals surface area contributed by atoms with Crippen LogP contribution in [-0.4, -0.2) is 5.11 Å². The average Bonchev–Trinajstić information content (AvgIpc) is 2.39. The van der Waals surface area contributed by atoms with Gasteiger partial charge in [-0.05, 0) is 40.2 Å². The summed E-state index contributed by atoms with van der Waals surface area (Å²) in [6.07, 6.45) is 0. The van der Waals surface area contributed by atoms with E-state index in [1.54, 1.807) is 6.07 Å². The quantitative estimate of drug-likeness (QED) is 0.494. The van der Waals surface area contributed by atoms with Gasteiger partial charge in [0.05, 0.1) is 11.4 Å². The van der Waals surface area contributed by atoms with Gasteiger partial charge in [0.15, 0.2) is 0 Å². The SMILES string of the molecule is CC(C)(C)c1cc(-c2ccc(N)c(N)c2)c(O)c(C(C)(C)C)c1.[Cu]. The Balaban J connectivity index is 0.00000288. The zero-order chi connectivity index (χ0) is 17.6. The summed E-state index contributed by atoms with van der Waals surface area (Å²) in [5.74, 6) is 0.315. The number of phenolic OH excluding ortho intramolecular Hbond substituents is 1. The number of nitrogen functional groups attached to an aromatic ring is 2. The second kappa shape index (κ2) is 6.70. The summed E-state index contributed by atoms with van der Waals surface area (Å²) in [5, 5.41) is 10.9. The van der Waals surface area contributed by atoms with Crippen molar-refractivity contribution in [2.45, 2.75) is 52.4 Å². The minimum absolute atomic E-state index is 0. The van der Waals surface area contributed by atoms with Crippen molar-refractivity contribution >= 4 is 11.4 Å². The molecule has 5 N–H and O–H groups in total. The summed E-state index contributed by atoms with van der Waals surface area (Å²) in [6, 6.07) is 9.67. The third-order valence-electron chi connectivity index (χ3n) is 4.18. The van der Waals surface area contributed by atoms with E-state index in [-0.39, 0.29) is 27.9 Å². The van der Waals surface area contributed by atoms with Crippen LogP contribution >= 0.6 is 0 Å². The molecule has 0 bridgehead atoms. The Morgan fingerprint density at radius 2 is 1.38 bits per heavy atom. The van der Waals surface area contributed by atoms with Crippen LogP contribution in [0.25, 0.3) is 11.1 Å². The van der Waals surface area contributed by atoms with Gasteiger partial charge in [0, 0.05) is 28.2 Å². The van der Waals surface area contributed by atoms with Crippen molar-refractivity contribution < 1.29 is 22.2 Å². The molecule has 0 aromatic heterocycles. The van der Waals surface area contributed by atoms with E-state index in [9.17, 15) is 5.11 Å². The van der Waals surface area contributed by atoms with Gasteiger partial charge in [-0.2, -0.15) is 0 Å². The van der Waals surface area contributed by atoms with Crippen LogP contribution < -0.4 is 11.5 Å². The predicted octanol–water partition coefficient (Wildman–Crippen LogP) is 4.82. The van der Waals surface area contributed by atoms with Crippen molar-refractivity contribution in [3.8, 4) is 16.9 Å². The monoisotopic (exact) mass is 375 g/mol. The first-order chi connectivity index (χ1) is 10.4. The number of benzene rings is 2. The van der Waals surface area contributed by atoms with Gasteiger partial charge in [-0.1, -0.05) is 53.7 Å². The number of rotatable bonds is 1. The van der Waals surface area contributed by atoms with E-state index in [4.69, 9.17) is 11.5 Å². The predicted molar refractivity (Wildman–Crippen MR) is 99.8 cm³/mol. The molecular formula is C20H28CuN2O. The summed E-state index contributed by atoms with van der Waals surface area (Å²) in [4.78, 5) is 0. The van der Waals surface area contributed by atoms with Crippen molar-refractivity contribution in [2.75, 3.05) is 11.5 Å². The molecule has 24 heavy (non-hydrogen) atoms. The van der Waals surface area contributed by atoms with Crippen molar-refractivity contribution in [3.63, 3.8) is 0 Å². The molecule has 0 saturated carbocycles. The molecular weight excluding hydrogens is 348 g/mol. The minimum atomic E-state index is -0.153. The molecule has 0 saturated heterocycles. The average molecular weight is 376 g/mol. The first-order valence-corrected chi connectivity index (χ1v) is 7.94. The Hall–Kier alpha value is -1.64. The van der Waals surface area contributed by atoms with Crippen LogP contribution in [0.15, 0.2) is 30.3 Å². The molecule has 0 fully saturated rings. The van der Waals surface area contributed by atoms with E-state index in [1.165, 1.54) is 5.56 Å². The third-order valence-corrected chi connectivity index (χ3v) is 4.18. The van der Waals surface area contributed by atoms with Crippen LogP contribution in [0.3, 0.4) is 0 Å². The van der Waals surface area contributed by atoms with E-state index in [1.807, 2.05) is 12.1 Å². The van der Waals surface area contributed by atoms with Crippen molar-refractivity contribution in [2.24, 2.45) is 0 Å². The van der Waals surface area contributed by atoms with Crippen LogP contribution in [0.5, 0.6) is 5.75 Å². The minimum Gasteiger partial charge on any atom is -0.507 e. The fourth-order valence-corrected chi connectivity index (χ4v) is 2.60. The summed E-state index contributed by atoms with van der Waals surface area (Å²) in [6.45, 7) is 12.8. The normalized spacial score (nSPS) is 11.9. The van der Waals surface area contributed by atoms with Gasteiger partial charge >= 0.3 is 0 Å². The van der Waals surface area contributed by atoms with Crippen LogP contribution in [0.1, 0.15) is 52.7 Å². The number of nitrogens with two attached hydrogens (primary N) is 2. The van der Waals surface area contributed by atoms with Crippen LogP contribution in [0, 0.1) is 0 Å². The van der Waals surface area contributed by atoms with E-state index in [0.29, 0.717) is 17.1 Å². The summed E-state index contributed by atoms with van der Waals surface area (Å²) >= 11 is 0. The van der Waals surface area contributed by atoms with Crippen molar-refractivity contribution in [3.05, 3.63) is 41.5 Å². The maximum Gasteiger partial charge on any atom is 0.127 e. The molecule has 0 atom stereocenters. The Labute approximate surface area is 155 Å². The number of aromatic hydroxyl groups is 1. The Kier molecular flexibility index (Phi) is 5.69. The Morgan fingerprint density at radius 3 is 1.83 bits per heavy atom. The molecule has 0 amide bonds. The molecule has 0 unspecified atom stereocenters. The van der Waals surface area contributed by atoms with Gasteiger partial charge in [0.2, 0.25) is 0 Å². The molecule has 2 aromatic rings. The second-order valence-corrected chi connectivity index (χ2v) is 8.26. The summed E-state index contributed by atoms with van der Waals surface area (Å²) in [7, 11) is 0. The zero-order valence-corrected chi connectivity index (χ0v) is 16.2. The van der Waals surface area contributed by atoms with Crippen LogP contribution in [-0.2, 0) is 27.9 Å². The van der Waals surface area contributed by atoms with Gasteiger partial charge in [0.1, 0.15) is 5.75 Å². The van der Waals surface area contributed by atoms with E-state index >= 15 is 0 Å². The maximum absolute atomic E-state index is 10.9. The standard InChI is InChI=1S/C20H28N2O.Cu/c1-19(2,3)13-10-14(12-7-8-16(21)17(22)9-12)18(23)15(11-13)20(4,5)6;/h7-11,23H,21-22H2,1-6H3;. The first kappa shape index (κ1) is 20.4. The molecule has 0 aliphatic carbocycles. The summed E-state index contributed by atoms with van der Waals surface area (Å²) < 4.78 is 0. The van der Waals surface area contributed by atoms with E-state index < -0.39 is 0 Å². The molecule has 0 aliphatic heterocycles. The van der Waals surface area contributed by atoms with Gasteiger partial charge in [-0.15, -0.1) is 0 Å². The smallest absolute Gasteiger partial charge is 0.127 e. The largest absolute Gasteiger partial charge is 0.507 e. The second-order valence-electron chi connectivity index (χ2n) is 8.26. The first-order valence-electron chi connectivity index (χ1n) is 7.94. The number of phenols is 1. The van der Waals surface area contributed by atoms with Crippen molar-refractivity contribution in [1.82, 2.24) is 0 Å². The van der Waals surface area contributed by atoms with Crippen molar-refractivity contribution in [1.29, 1.82) is 0 Å². The molecule has 3 nitrogen and oxygen atoms in total. The molecule has 0 heterocycles. The summed E-state index contributed by atoms with van der Waals surface area (Å²) in [5.41, 5.74) is 16.5. The fourth-order valence-electron chi connectivity index (χ4n) is 2.60. The number of anilines is 2. The molecule has 4 heteroatoms. The molecule has 0 spiro atoms. The number of hydrogen-bond donors (Lipinski definition) is 3. The molecule has 1 radical (unpaired) electrons. The Morgan fingerprint density at radius 1 is 0.792 bits per heavy atom. The fraction of sp³-hybridized carbons (Fsp3) is 0.400. The van der Waals surface area contributed by atoms with E-state index in [0.717, 1.165) is 16.7 Å².